The fourth-order valence-electron chi connectivity index (χ4n) is 1.50. The highest BCUT2D eigenvalue weighted by atomic mass is 35.5. The predicted octanol–water partition coefficient (Wildman–Crippen LogP) is 1.57. The number of hydrogen-bond donors (Lipinski definition) is 1. The summed E-state index contributed by atoms with van der Waals surface area (Å²) in [6.45, 7) is 1.85. The summed E-state index contributed by atoms with van der Waals surface area (Å²) in [7, 11) is 1.52. The van der Waals surface area contributed by atoms with E-state index in [-0.39, 0.29) is 25.5 Å². The average molecular weight is 286 g/mol. The maximum Gasteiger partial charge on any atom is 0.325 e. The molecule has 0 saturated carbocycles. The molecule has 0 aromatic heterocycles. The molecule has 0 spiro atoms. The Morgan fingerprint density at radius 2 is 2.11 bits per heavy atom. The minimum atomic E-state index is -0.464. The summed E-state index contributed by atoms with van der Waals surface area (Å²) < 4.78 is 9.84. The zero-order valence-corrected chi connectivity index (χ0v) is 11.6. The van der Waals surface area contributed by atoms with Crippen molar-refractivity contribution in [1.82, 2.24) is 5.32 Å². The number of methoxy groups -OCH3 is 1. The van der Waals surface area contributed by atoms with Crippen LogP contribution in [0.25, 0.3) is 0 Å². The second kappa shape index (κ2) is 7.63. The normalized spacial score (nSPS) is 9.84. The summed E-state index contributed by atoms with van der Waals surface area (Å²) in [6, 6.07) is 5.03. The standard InChI is InChI=1S/C13H16ClNO4/c1-3-19-13(17)8-15-12(16)7-9-6-10(14)4-5-11(9)18-2/h4-6H,3,7-8H2,1-2H3,(H,15,16). The summed E-state index contributed by atoms with van der Waals surface area (Å²) in [6.07, 6.45) is 0.0864. The number of halogens is 1. The van der Waals surface area contributed by atoms with E-state index in [1.54, 1.807) is 25.1 Å². The number of ether oxygens (including phenoxy) is 2. The molecule has 0 aliphatic carbocycles. The van der Waals surface area contributed by atoms with Gasteiger partial charge in [0.05, 0.1) is 20.1 Å². The highest BCUT2D eigenvalue weighted by molar-refractivity contribution is 6.30. The lowest BCUT2D eigenvalue weighted by Crippen LogP contribution is -2.31. The van der Waals surface area contributed by atoms with Gasteiger partial charge in [-0.25, -0.2) is 0 Å². The summed E-state index contributed by atoms with van der Waals surface area (Å²) >= 11 is 5.86. The van der Waals surface area contributed by atoms with E-state index < -0.39 is 5.97 Å². The van der Waals surface area contributed by atoms with Gasteiger partial charge in [0.15, 0.2) is 0 Å². The molecule has 0 fully saturated rings. The van der Waals surface area contributed by atoms with Crippen molar-refractivity contribution in [1.29, 1.82) is 0 Å². The molecule has 19 heavy (non-hydrogen) atoms. The maximum absolute atomic E-state index is 11.7. The number of carbonyl (C=O) groups is 2. The molecule has 1 amide bonds. The van der Waals surface area contributed by atoms with Gasteiger partial charge >= 0.3 is 5.97 Å². The van der Waals surface area contributed by atoms with Crippen LogP contribution in [0.5, 0.6) is 5.75 Å². The molecule has 5 nitrogen and oxygen atoms in total. The Kier molecular flexibility index (Phi) is 6.15. The molecule has 0 unspecified atom stereocenters. The first-order valence-corrected chi connectivity index (χ1v) is 6.19. The lowest BCUT2D eigenvalue weighted by atomic mass is 10.1. The molecule has 0 aliphatic rings. The Hall–Kier alpha value is -1.75. The molecule has 0 radical (unpaired) electrons. The van der Waals surface area contributed by atoms with Crippen molar-refractivity contribution in [3.63, 3.8) is 0 Å². The highest BCUT2D eigenvalue weighted by Gasteiger charge is 2.11. The van der Waals surface area contributed by atoms with Gasteiger partial charge in [-0.15, -0.1) is 0 Å². The van der Waals surface area contributed by atoms with Crippen LogP contribution in [0.2, 0.25) is 5.02 Å². The third-order valence-electron chi connectivity index (χ3n) is 2.33. The molecule has 1 rings (SSSR count). The molecule has 0 aliphatic heterocycles. The summed E-state index contributed by atoms with van der Waals surface area (Å²) in [5.74, 6) is -0.182. The van der Waals surface area contributed by atoms with Crippen molar-refractivity contribution in [2.45, 2.75) is 13.3 Å². The van der Waals surface area contributed by atoms with Gasteiger partial charge in [0.2, 0.25) is 5.91 Å². The first-order valence-electron chi connectivity index (χ1n) is 5.81. The number of benzene rings is 1. The minimum absolute atomic E-state index is 0.0864. The van der Waals surface area contributed by atoms with E-state index >= 15 is 0 Å². The van der Waals surface area contributed by atoms with Crippen molar-refractivity contribution in [2.75, 3.05) is 20.3 Å². The fraction of sp³-hybridized carbons (Fsp3) is 0.385. The Bertz CT molecular complexity index is 462. The van der Waals surface area contributed by atoms with Crippen LogP contribution in [-0.2, 0) is 20.7 Å². The first kappa shape index (κ1) is 15.3. The van der Waals surface area contributed by atoms with E-state index in [1.807, 2.05) is 0 Å². The first-order chi connectivity index (χ1) is 9.06. The van der Waals surface area contributed by atoms with Gasteiger partial charge in [-0.2, -0.15) is 0 Å². The summed E-state index contributed by atoms with van der Waals surface area (Å²) in [5, 5.41) is 3.00. The SMILES string of the molecule is CCOC(=O)CNC(=O)Cc1cc(Cl)ccc1OC. The van der Waals surface area contributed by atoms with E-state index in [2.05, 4.69) is 5.32 Å². The van der Waals surface area contributed by atoms with Crippen molar-refractivity contribution in [3.05, 3.63) is 28.8 Å². The van der Waals surface area contributed by atoms with Crippen LogP contribution in [0.1, 0.15) is 12.5 Å². The molecule has 104 valence electrons. The predicted molar refractivity (Wildman–Crippen MR) is 71.4 cm³/mol. The average Bonchev–Trinajstić information content (AvgIpc) is 2.37. The number of hydrogen-bond acceptors (Lipinski definition) is 4. The zero-order valence-electron chi connectivity index (χ0n) is 10.9. The molecule has 1 N–H and O–H groups in total. The van der Waals surface area contributed by atoms with Crippen LogP contribution in [0, 0.1) is 0 Å². The lowest BCUT2D eigenvalue weighted by molar-refractivity contribution is -0.143. The number of carbonyl (C=O) groups excluding carboxylic acids is 2. The second-order valence-electron chi connectivity index (χ2n) is 3.71. The maximum atomic E-state index is 11.7. The van der Waals surface area contributed by atoms with Crippen LogP contribution in [-0.4, -0.2) is 32.1 Å². The largest absolute Gasteiger partial charge is 0.496 e. The fourth-order valence-corrected chi connectivity index (χ4v) is 1.70. The van der Waals surface area contributed by atoms with E-state index in [0.717, 1.165) is 0 Å². The molecule has 0 saturated heterocycles. The number of esters is 1. The van der Waals surface area contributed by atoms with Crippen molar-refractivity contribution >= 4 is 23.5 Å². The number of rotatable bonds is 6. The third kappa shape index (κ3) is 5.18. The monoisotopic (exact) mass is 285 g/mol. The van der Waals surface area contributed by atoms with Crippen molar-refractivity contribution < 1.29 is 19.1 Å². The van der Waals surface area contributed by atoms with Crippen LogP contribution in [0.15, 0.2) is 18.2 Å². The molecule has 1 aromatic rings. The number of nitrogens with one attached hydrogen (secondary N) is 1. The van der Waals surface area contributed by atoms with Gasteiger partial charge in [0.1, 0.15) is 12.3 Å². The third-order valence-corrected chi connectivity index (χ3v) is 2.56. The Morgan fingerprint density at radius 3 is 2.74 bits per heavy atom. The van der Waals surface area contributed by atoms with Gasteiger partial charge in [-0.05, 0) is 25.1 Å². The van der Waals surface area contributed by atoms with Crippen LogP contribution >= 0.6 is 11.6 Å². The van der Waals surface area contributed by atoms with E-state index in [1.165, 1.54) is 7.11 Å². The minimum Gasteiger partial charge on any atom is -0.496 e. The molecular weight excluding hydrogens is 270 g/mol. The van der Waals surface area contributed by atoms with Gasteiger partial charge < -0.3 is 14.8 Å². The van der Waals surface area contributed by atoms with Gasteiger partial charge in [-0.3, -0.25) is 9.59 Å². The molecule has 0 atom stereocenters. The Morgan fingerprint density at radius 1 is 1.37 bits per heavy atom. The lowest BCUT2D eigenvalue weighted by Gasteiger charge is -2.09. The van der Waals surface area contributed by atoms with Crippen LogP contribution in [0.4, 0.5) is 0 Å². The Balaban J connectivity index is 2.57. The molecular formula is C13H16ClNO4. The van der Waals surface area contributed by atoms with E-state index in [9.17, 15) is 9.59 Å². The van der Waals surface area contributed by atoms with Crippen LogP contribution in [0.3, 0.4) is 0 Å². The highest BCUT2D eigenvalue weighted by Crippen LogP contribution is 2.22. The molecule has 1 aromatic carbocycles. The van der Waals surface area contributed by atoms with Gasteiger partial charge in [0, 0.05) is 10.6 Å². The van der Waals surface area contributed by atoms with Gasteiger partial charge in [-0.1, -0.05) is 11.6 Å². The van der Waals surface area contributed by atoms with Crippen molar-refractivity contribution in [2.24, 2.45) is 0 Å². The molecule has 0 heterocycles. The smallest absolute Gasteiger partial charge is 0.325 e. The quantitative estimate of drug-likeness (QED) is 0.806. The zero-order chi connectivity index (χ0) is 14.3. The molecule has 6 heteroatoms. The summed E-state index contributed by atoms with van der Waals surface area (Å²) in [5.41, 5.74) is 0.663. The molecule has 0 bridgehead atoms. The van der Waals surface area contributed by atoms with Crippen molar-refractivity contribution in [3.8, 4) is 5.75 Å². The Labute approximate surface area is 116 Å². The second-order valence-corrected chi connectivity index (χ2v) is 4.15. The van der Waals surface area contributed by atoms with E-state index in [0.29, 0.717) is 16.3 Å². The summed E-state index contributed by atoms with van der Waals surface area (Å²) in [4.78, 5) is 22.8. The van der Waals surface area contributed by atoms with E-state index in [4.69, 9.17) is 21.1 Å². The number of amides is 1. The topological polar surface area (TPSA) is 64.6 Å². The van der Waals surface area contributed by atoms with Gasteiger partial charge in [0.25, 0.3) is 0 Å². The van der Waals surface area contributed by atoms with Crippen LogP contribution < -0.4 is 10.1 Å².